The van der Waals surface area contributed by atoms with Crippen LogP contribution in [0.3, 0.4) is 0 Å². The number of aromatic nitrogens is 1. The lowest BCUT2D eigenvalue weighted by atomic mass is 9.92. The van der Waals surface area contributed by atoms with E-state index in [0.717, 1.165) is 18.5 Å². The summed E-state index contributed by atoms with van der Waals surface area (Å²) in [6.07, 6.45) is 8.38. The lowest BCUT2D eigenvalue weighted by Crippen LogP contribution is -2.30. The predicted molar refractivity (Wildman–Crippen MR) is 70.9 cm³/mol. The highest BCUT2D eigenvalue weighted by atomic mass is 35.5. The summed E-state index contributed by atoms with van der Waals surface area (Å²) in [7, 11) is 0. The Morgan fingerprint density at radius 1 is 1.35 bits per heavy atom. The van der Waals surface area contributed by atoms with E-state index in [2.05, 4.69) is 16.5 Å². The first-order chi connectivity index (χ1) is 8.22. The van der Waals surface area contributed by atoms with Gasteiger partial charge in [0, 0.05) is 6.20 Å². The van der Waals surface area contributed by atoms with Gasteiger partial charge in [0.25, 0.3) is 0 Å². The van der Waals surface area contributed by atoms with Crippen LogP contribution in [0, 0.1) is 0 Å². The van der Waals surface area contributed by atoms with Gasteiger partial charge in [0.2, 0.25) is 0 Å². The Kier molecular flexibility index (Phi) is 4.40. The third-order valence-electron chi connectivity index (χ3n) is 2.97. The molecule has 0 saturated heterocycles. The van der Waals surface area contributed by atoms with Crippen molar-refractivity contribution in [3.05, 3.63) is 39.7 Å². The number of hydrazine groups is 1. The van der Waals surface area contributed by atoms with E-state index in [9.17, 15) is 0 Å². The minimum atomic E-state index is -0.111. The summed E-state index contributed by atoms with van der Waals surface area (Å²) in [5, 5.41) is 1.08. The van der Waals surface area contributed by atoms with Crippen LogP contribution in [-0.2, 0) is 0 Å². The molecule has 3 N–H and O–H groups in total. The largest absolute Gasteiger partial charge is 0.271 e. The van der Waals surface area contributed by atoms with Gasteiger partial charge in [0.05, 0.1) is 21.8 Å². The maximum Gasteiger partial charge on any atom is 0.0856 e. The van der Waals surface area contributed by atoms with Crippen LogP contribution in [0.1, 0.15) is 37.4 Å². The van der Waals surface area contributed by atoms with E-state index in [1.807, 2.05) is 0 Å². The molecule has 1 aromatic rings. The van der Waals surface area contributed by atoms with Gasteiger partial charge in [-0.2, -0.15) is 0 Å². The van der Waals surface area contributed by atoms with Crippen molar-refractivity contribution >= 4 is 23.2 Å². The maximum absolute atomic E-state index is 6.15. The smallest absolute Gasteiger partial charge is 0.0856 e. The second-order valence-electron chi connectivity index (χ2n) is 4.15. The molecule has 92 valence electrons. The minimum Gasteiger partial charge on any atom is -0.271 e. The second kappa shape index (κ2) is 5.83. The first-order valence-corrected chi connectivity index (χ1v) is 6.44. The molecule has 1 aliphatic carbocycles. The molecule has 3 nitrogen and oxygen atoms in total. The van der Waals surface area contributed by atoms with Crippen molar-refractivity contribution in [2.45, 2.75) is 31.7 Å². The highest BCUT2D eigenvalue weighted by Crippen LogP contribution is 2.32. The summed E-state index contributed by atoms with van der Waals surface area (Å²) in [5.41, 5.74) is 4.79. The number of hydrogen-bond acceptors (Lipinski definition) is 3. The van der Waals surface area contributed by atoms with Crippen molar-refractivity contribution in [3.63, 3.8) is 0 Å². The number of allylic oxidation sites excluding steroid dienone is 1. The molecular weight excluding hydrogens is 257 g/mol. The molecule has 1 heterocycles. The van der Waals surface area contributed by atoms with Crippen LogP contribution in [0.25, 0.3) is 0 Å². The van der Waals surface area contributed by atoms with Crippen molar-refractivity contribution in [2.75, 3.05) is 0 Å². The predicted octanol–water partition coefficient (Wildman–Crippen LogP) is 3.39. The molecule has 1 aromatic heterocycles. The molecule has 0 aromatic carbocycles. The van der Waals surface area contributed by atoms with Crippen LogP contribution in [0.2, 0.25) is 10.0 Å². The molecule has 0 bridgehead atoms. The SMILES string of the molecule is NNC(C1=CCCCC1)c1ncc(Cl)cc1Cl. The summed E-state index contributed by atoms with van der Waals surface area (Å²) in [6.45, 7) is 0. The number of halogens is 2. The van der Waals surface area contributed by atoms with E-state index in [-0.39, 0.29) is 6.04 Å². The average Bonchev–Trinajstić information content (AvgIpc) is 2.34. The molecule has 0 aliphatic heterocycles. The van der Waals surface area contributed by atoms with Crippen molar-refractivity contribution in [2.24, 2.45) is 5.84 Å². The van der Waals surface area contributed by atoms with Gasteiger partial charge in [0.15, 0.2) is 0 Å². The molecule has 2 rings (SSSR count). The van der Waals surface area contributed by atoms with Gasteiger partial charge < -0.3 is 0 Å². The van der Waals surface area contributed by atoms with E-state index in [4.69, 9.17) is 29.0 Å². The number of pyridine rings is 1. The third kappa shape index (κ3) is 2.99. The van der Waals surface area contributed by atoms with Crippen LogP contribution in [0.4, 0.5) is 0 Å². The summed E-state index contributed by atoms with van der Waals surface area (Å²) in [5.74, 6) is 5.62. The molecule has 1 atom stereocenters. The van der Waals surface area contributed by atoms with Crippen molar-refractivity contribution in [1.29, 1.82) is 0 Å². The lowest BCUT2D eigenvalue weighted by Gasteiger charge is -2.22. The molecule has 0 fully saturated rings. The van der Waals surface area contributed by atoms with Gasteiger partial charge in [0.1, 0.15) is 0 Å². The lowest BCUT2D eigenvalue weighted by molar-refractivity contribution is 0.556. The van der Waals surface area contributed by atoms with E-state index in [1.165, 1.54) is 18.4 Å². The normalized spacial score (nSPS) is 17.7. The summed E-state index contributed by atoms with van der Waals surface area (Å²) < 4.78 is 0. The summed E-state index contributed by atoms with van der Waals surface area (Å²) in [4.78, 5) is 4.28. The fraction of sp³-hybridized carbons (Fsp3) is 0.417. The maximum atomic E-state index is 6.15. The molecule has 0 saturated carbocycles. The standard InChI is InChI=1S/C12H15Cl2N3/c13-9-6-10(14)12(16-7-9)11(17-15)8-4-2-1-3-5-8/h4,6-7,11,17H,1-3,5,15H2. The Labute approximate surface area is 111 Å². The fourth-order valence-corrected chi connectivity index (χ4v) is 2.61. The van der Waals surface area contributed by atoms with Crippen LogP contribution in [0.5, 0.6) is 0 Å². The van der Waals surface area contributed by atoms with Gasteiger partial charge in [-0.1, -0.05) is 29.3 Å². The quantitative estimate of drug-likeness (QED) is 0.503. The Hall–Kier alpha value is -0.610. The average molecular weight is 272 g/mol. The van der Waals surface area contributed by atoms with Crippen molar-refractivity contribution < 1.29 is 0 Å². The summed E-state index contributed by atoms with van der Waals surface area (Å²) >= 11 is 12.0. The highest BCUT2D eigenvalue weighted by Gasteiger charge is 2.20. The number of nitrogens with zero attached hydrogens (tertiary/aromatic N) is 1. The number of rotatable bonds is 3. The third-order valence-corrected chi connectivity index (χ3v) is 3.48. The molecule has 1 aliphatic rings. The van der Waals surface area contributed by atoms with Crippen LogP contribution < -0.4 is 11.3 Å². The Morgan fingerprint density at radius 2 is 2.18 bits per heavy atom. The van der Waals surface area contributed by atoms with Crippen LogP contribution in [-0.4, -0.2) is 4.98 Å². The van der Waals surface area contributed by atoms with Crippen molar-refractivity contribution in [3.8, 4) is 0 Å². The Bertz CT molecular complexity index is 432. The Morgan fingerprint density at radius 3 is 2.76 bits per heavy atom. The van der Waals surface area contributed by atoms with Gasteiger partial charge in [-0.15, -0.1) is 0 Å². The molecule has 0 radical (unpaired) electrons. The highest BCUT2D eigenvalue weighted by molar-refractivity contribution is 6.34. The monoisotopic (exact) mass is 271 g/mol. The molecule has 1 unspecified atom stereocenters. The first kappa shape index (κ1) is 12.8. The van der Waals surface area contributed by atoms with E-state index in [0.29, 0.717) is 10.0 Å². The van der Waals surface area contributed by atoms with Crippen LogP contribution in [0.15, 0.2) is 23.9 Å². The van der Waals surface area contributed by atoms with Gasteiger partial charge in [-0.3, -0.25) is 10.8 Å². The van der Waals surface area contributed by atoms with Gasteiger partial charge >= 0.3 is 0 Å². The van der Waals surface area contributed by atoms with Gasteiger partial charge in [-0.25, -0.2) is 5.43 Å². The topological polar surface area (TPSA) is 50.9 Å². The number of hydrogen-bond donors (Lipinski definition) is 2. The number of nitrogens with one attached hydrogen (secondary N) is 1. The van der Waals surface area contributed by atoms with Gasteiger partial charge in [-0.05, 0) is 37.3 Å². The summed E-state index contributed by atoms with van der Waals surface area (Å²) in [6, 6.07) is 1.58. The minimum absolute atomic E-state index is 0.111. The zero-order valence-electron chi connectivity index (χ0n) is 9.42. The molecular formula is C12H15Cl2N3. The molecule has 0 amide bonds. The molecule has 17 heavy (non-hydrogen) atoms. The molecule has 0 spiro atoms. The van der Waals surface area contributed by atoms with E-state index < -0.39 is 0 Å². The first-order valence-electron chi connectivity index (χ1n) is 5.68. The van der Waals surface area contributed by atoms with Crippen LogP contribution >= 0.6 is 23.2 Å². The zero-order chi connectivity index (χ0) is 12.3. The van der Waals surface area contributed by atoms with E-state index >= 15 is 0 Å². The Balaban J connectivity index is 2.31. The van der Waals surface area contributed by atoms with E-state index in [1.54, 1.807) is 12.3 Å². The van der Waals surface area contributed by atoms with Crippen molar-refractivity contribution in [1.82, 2.24) is 10.4 Å². The zero-order valence-corrected chi connectivity index (χ0v) is 10.9. The second-order valence-corrected chi connectivity index (χ2v) is 4.99. The number of nitrogens with two attached hydrogens (primary N) is 1. The molecule has 5 heteroatoms. The fourth-order valence-electron chi connectivity index (χ4n) is 2.12.